The van der Waals surface area contributed by atoms with Gasteiger partial charge in [-0.2, -0.15) is 0 Å². The number of ketones is 2. The molecule has 2 heteroatoms. The van der Waals surface area contributed by atoms with E-state index in [1.807, 2.05) is 0 Å². The first-order chi connectivity index (χ1) is 9.96. The summed E-state index contributed by atoms with van der Waals surface area (Å²) in [6, 6.07) is 0. The number of allylic oxidation sites excluding steroid dienone is 2. The number of carbonyl (C=O) groups is 2. The van der Waals surface area contributed by atoms with E-state index in [2.05, 4.69) is 19.9 Å². The van der Waals surface area contributed by atoms with Gasteiger partial charge in [0.15, 0.2) is 5.78 Å². The van der Waals surface area contributed by atoms with Crippen LogP contribution in [0.4, 0.5) is 0 Å². The van der Waals surface area contributed by atoms with Crippen LogP contribution in [0.2, 0.25) is 0 Å². The average molecular weight is 289 g/mol. The standard InChI is InChI=1S/C19H26O2/c1-18-10-8-14-13(16(18)17(21)15(20)11-18)7-6-12-5-3-4-9-19(12,14)2/h5,13-14,16H,3-4,6-11H2,1-2H3/t13-,14+,16-,18-,19+/m1/s1/i15+1,16+1,17+1. The van der Waals surface area contributed by atoms with Gasteiger partial charge in [-0.3, -0.25) is 9.59 Å². The van der Waals surface area contributed by atoms with Crippen molar-refractivity contribution in [2.24, 2.45) is 28.6 Å². The first kappa shape index (κ1) is 13.7. The van der Waals surface area contributed by atoms with Crippen molar-refractivity contribution in [3.05, 3.63) is 11.6 Å². The highest BCUT2D eigenvalue weighted by Gasteiger charge is 2.60. The summed E-state index contributed by atoms with van der Waals surface area (Å²) in [5.74, 6) is 1.01. The van der Waals surface area contributed by atoms with Gasteiger partial charge in [-0.1, -0.05) is 25.5 Å². The molecule has 0 amide bonds. The molecule has 4 aliphatic rings. The lowest BCUT2D eigenvalue weighted by Crippen LogP contribution is -2.50. The van der Waals surface area contributed by atoms with E-state index in [-0.39, 0.29) is 22.9 Å². The minimum absolute atomic E-state index is 0.0262. The number of hydrogen-bond acceptors (Lipinski definition) is 2. The Labute approximate surface area is 127 Å². The third-order valence-corrected chi connectivity index (χ3v) is 7.43. The molecule has 5 atom stereocenters. The predicted molar refractivity (Wildman–Crippen MR) is 81.7 cm³/mol. The van der Waals surface area contributed by atoms with E-state index in [0.29, 0.717) is 23.7 Å². The van der Waals surface area contributed by atoms with Gasteiger partial charge in [-0.25, -0.2) is 0 Å². The third-order valence-electron chi connectivity index (χ3n) is 7.43. The van der Waals surface area contributed by atoms with Crippen molar-refractivity contribution in [1.82, 2.24) is 0 Å². The molecular formula is C19H26O2. The fraction of sp³-hybridized carbons (Fsp3) is 0.789. The Morgan fingerprint density at radius 3 is 2.76 bits per heavy atom. The molecule has 0 aliphatic heterocycles. The van der Waals surface area contributed by atoms with Crippen molar-refractivity contribution in [2.75, 3.05) is 0 Å². The van der Waals surface area contributed by atoms with Crippen molar-refractivity contribution in [1.29, 1.82) is 0 Å². The van der Waals surface area contributed by atoms with Crippen molar-refractivity contribution in [2.45, 2.75) is 65.2 Å². The van der Waals surface area contributed by atoms with Crippen LogP contribution in [0.5, 0.6) is 0 Å². The molecule has 0 aromatic rings. The molecule has 114 valence electrons. The van der Waals surface area contributed by atoms with Gasteiger partial charge in [0, 0.05) is 12.3 Å². The number of carbonyl (C=O) groups excluding carboxylic acids is 2. The summed E-state index contributed by atoms with van der Waals surface area (Å²) in [4.78, 5) is 24.5. The van der Waals surface area contributed by atoms with Gasteiger partial charge in [0.25, 0.3) is 0 Å². The third kappa shape index (κ3) is 1.71. The summed E-state index contributed by atoms with van der Waals surface area (Å²) in [5, 5.41) is 0. The molecule has 0 unspecified atom stereocenters. The summed E-state index contributed by atoms with van der Waals surface area (Å²) < 4.78 is 0. The van der Waals surface area contributed by atoms with E-state index in [0.717, 1.165) is 19.3 Å². The molecule has 2 nitrogen and oxygen atoms in total. The predicted octanol–water partition coefficient (Wildman–Crippen LogP) is 4.09. The van der Waals surface area contributed by atoms with E-state index < -0.39 is 0 Å². The normalized spacial score (nSPS) is 49.2. The van der Waals surface area contributed by atoms with E-state index in [4.69, 9.17) is 0 Å². The molecule has 21 heavy (non-hydrogen) atoms. The quantitative estimate of drug-likeness (QED) is 0.382. The van der Waals surface area contributed by atoms with Gasteiger partial charge in [0.2, 0.25) is 5.78 Å². The van der Waals surface area contributed by atoms with Gasteiger partial charge in [-0.15, -0.1) is 0 Å². The summed E-state index contributed by atoms with van der Waals surface area (Å²) in [6.45, 7) is 4.64. The molecule has 0 bridgehead atoms. The lowest BCUT2D eigenvalue weighted by molar-refractivity contribution is -0.139. The number of Topliss-reactive ketones (excluding diaryl/α,β-unsaturated/α-hetero) is 2. The van der Waals surface area contributed by atoms with E-state index in [9.17, 15) is 9.59 Å². The Morgan fingerprint density at radius 2 is 1.95 bits per heavy atom. The molecule has 0 aromatic carbocycles. The van der Waals surface area contributed by atoms with Crippen LogP contribution in [0.15, 0.2) is 11.6 Å². The van der Waals surface area contributed by atoms with Crippen LogP contribution in [0.3, 0.4) is 0 Å². The number of hydrogen-bond donors (Lipinski definition) is 0. The molecule has 4 aliphatic carbocycles. The van der Waals surface area contributed by atoms with Crippen LogP contribution in [-0.4, -0.2) is 11.6 Å². The largest absolute Gasteiger partial charge is 0.291 e. The molecule has 0 saturated heterocycles. The average Bonchev–Trinajstić information content (AvgIpc) is 2.68. The van der Waals surface area contributed by atoms with Crippen molar-refractivity contribution in [3.8, 4) is 0 Å². The second-order valence-electron chi connectivity index (χ2n) is 8.48. The Balaban J connectivity index is 1.74. The Morgan fingerprint density at radius 1 is 1.14 bits per heavy atom. The summed E-state index contributed by atoms with van der Waals surface area (Å²) in [6.07, 6.45) is 11.4. The van der Waals surface area contributed by atoms with Crippen molar-refractivity contribution >= 4 is 11.6 Å². The minimum Gasteiger partial charge on any atom is -0.291 e. The summed E-state index contributed by atoms with van der Waals surface area (Å²) >= 11 is 0. The summed E-state index contributed by atoms with van der Waals surface area (Å²) in [7, 11) is 0. The maximum absolute atomic E-state index is 12.5. The molecule has 0 N–H and O–H groups in total. The highest BCUT2D eigenvalue weighted by molar-refractivity contribution is 6.40. The van der Waals surface area contributed by atoms with E-state index >= 15 is 0 Å². The fourth-order valence-electron chi connectivity index (χ4n) is 6.37. The topological polar surface area (TPSA) is 34.1 Å². The molecule has 0 spiro atoms. The Hall–Kier alpha value is -0.920. The zero-order valence-corrected chi connectivity index (χ0v) is 13.3. The first-order valence-electron chi connectivity index (χ1n) is 8.72. The molecule has 3 fully saturated rings. The van der Waals surface area contributed by atoms with E-state index in [1.54, 1.807) is 5.57 Å². The molecule has 0 radical (unpaired) electrons. The maximum Gasteiger partial charge on any atom is 0.202 e. The molecular weight excluding hydrogens is 263 g/mol. The van der Waals surface area contributed by atoms with Crippen LogP contribution in [0, 0.1) is 28.6 Å². The highest BCUT2D eigenvalue weighted by atomic mass is 16.3. The second-order valence-corrected chi connectivity index (χ2v) is 8.48. The number of fused-ring (bicyclic) bond motifs is 5. The van der Waals surface area contributed by atoms with Gasteiger partial charge in [0.05, 0.1) is 0 Å². The Bertz CT molecular complexity index is 546. The zero-order valence-electron chi connectivity index (χ0n) is 13.3. The zero-order chi connectivity index (χ0) is 14.8. The first-order valence-corrected chi connectivity index (χ1v) is 8.72. The number of rotatable bonds is 0. The van der Waals surface area contributed by atoms with Crippen molar-refractivity contribution in [3.63, 3.8) is 0 Å². The van der Waals surface area contributed by atoms with Gasteiger partial charge >= 0.3 is 0 Å². The molecule has 0 heterocycles. The molecule has 3 saturated carbocycles. The van der Waals surface area contributed by atoms with Crippen LogP contribution < -0.4 is 0 Å². The molecule has 4 rings (SSSR count). The lowest BCUT2D eigenvalue weighted by Gasteiger charge is -2.56. The lowest BCUT2D eigenvalue weighted by atomic mass is 9.53. The molecule has 0 aromatic heterocycles. The Kier molecular flexibility index (Phi) is 2.81. The summed E-state index contributed by atoms with van der Waals surface area (Å²) in [5.41, 5.74) is 1.95. The second kappa shape index (κ2) is 4.30. The highest BCUT2D eigenvalue weighted by Crippen LogP contribution is 2.64. The van der Waals surface area contributed by atoms with Crippen molar-refractivity contribution < 1.29 is 9.59 Å². The van der Waals surface area contributed by atoms with Crippen LogP contribution in [0.1, 0.15) is 65.2 Å². The SMILES string of the molecule is C[C@]12CC[C@H]3[C@@H](CCC4=CCCC[C@@]43C)[13C@@H]1[13C](=O)[13C](=O)C2. The van der Waals surface area contributed by atoms with Crippen LogP contribution >= 0.6 is 0 Å². The van der Waals surface area contributed by atoms with Gasteiger partial charge < -0.3 is 0 Å². The smallest absolute Gasteiger partial charge is 0.202 e. The van der Waals surface area contributed by atoms with Gasteiger partial charge in [0.1, 0.15) is 0 Å². The fourth-order valence-corrected chi connectivity index (χ4v) is 6.37. The van der Waals surface area contributed by atoms with Crippen LogP contribution in [-0.2, 0) is 9.59 Å². The van der Waals surface area contributed by atoms with Gasteiger partial charge in [-0.05, 0) is 67.6 Å². The minimum atomic E-state index is -0.0849. The van der Waals surface area contributed by atoms with Crippen LogP contribution in [0.25, 0.3) is 0 Å². The maximum atomic E-state index is 12.5. The van der Waals surface area contributed by atoms with E-state index in [1.165, 1.54) is 25.7 Å². The monoisotopic (exact) mass is 289 g/mol.